The Kier molecular flexibility index (Phi) is 2.30. The van der Waals surface area contributed by atoms with Crippen LogP contribution in [-0.4, -0.2) is 7.05 Å². The van der Waals surface area contributed by atoms with Gasteiger partial charge in [0.25, 0.3) is 0 Å². The third-order valence-electron chi connectivity index (χ3n) is 1.38. The third-order valence-corrected chi connectivity index (χ3v) is 1.38. The van der Waals surface area contributed by atoms with Crippen molar-refractivity contribution in [2.75, 3.05) is 7.05 Å². The van der Waals surface area contributed by atoms with Crippen LogP contribution in [0.3, 0.4) is 0 Å². The van der Waals surface area contributed by atoms with Crippen molar-refractivity contribution in [1.29, 1.82) is 0 Å². The second kappa shape index (κ2) is 3.23. The van der Waals surface area contributed by atoms with Gasteiger partial charge in [-0.15, -0.1) is 4.91 Å². The van der Waals surface area contributed by atoms with Gasteiger partial charge in [0.2, 0.25) is 0 Å². The van der Waals surface area contributed by atoms with Crippen LogP contribution in [0.25, 0.3) is 0 Å². The summed E-state index contributed by atoms with van der Waals surface area (Å²) in [5, 5.41) is 13.4. The van der Waals surface area contributed by atoms with Crippen molar-refractivity contribution in [1.82, 2.24) is 0 Å². The summed E-state index contributed by atoms with van der Waals surface area (Å²) in [6, 6.07) is 6.20. The van der Waals surface area contributed by atoms with Crippen molar-refractivity contribution in [3.05, 3.63) is 34.4 Å². The van der Waals surface area contributed by atoms with Gasteiger partial charge in [-0.05, 0) is 17.3 Å². The number of nitrogens with one attached hydrogen (secondary N) is 1. The molecule has 4 heteroatoms. The smallest absolute Gasteiger partial charge is 0.131 e. The highest BCUT2D eigenvalue weighted by atomic mass is 16.5. The van der Waals surface area contributed by atoms with E-state index >= 15 is 0 Å². The Morgan fingerprint density at radius 1 is 1.36 bits per heavy atom. The summed E-state index contributed by atoms with van der Waals surface area (Å²) in [6.45, 7) is 0. The summed E-state index contributed by atoms with van der Waals surface area (Å²) < 4.78 is 0. The molecule has 1 aromatic rings. The molecule has 4 nitrogen and oxygen atoms in total. The van der Waals surface area contributed by atoms with Crippen LogP contribution < -0.4 is 5.06 Å². The Morgan fingerprint density at radius 2 is 1.91 bits per heavy atom. The van der Waals surface area contributed by atoms with E-state index in [0.29, 0.717) is 11.4 Å². The Hall–Kier alpha value is -1.26. The van der Waals surface area contributed by atoms with E-state index in [9.17, 15) is 10.1 Å². The van der Waals surface area contributed by atoms with Crippen LogP contribution in [0.2, 0.25) is 0 Å². The first-order valence-electron chi connectivity index (χ1n) is 3.18. The Labute approximate surface area is 64.0 Å². The molecule has 1 atom stereocenters. The van der Waals surface area contributed by atoms with E-state index in [1.54, 1.807) is 12.1 Å². The molecule has 0 fully saturated rings. The zero-order valence-corrected chi connectivity index (χ0v) is 6.07. The van der Waals surface area contributed by atoms with Crippen molar-refractivity contribution in [2.24, 2.45) is 5.18 Å². The second-order valence-electron chi connectivity index (χ2n) is 2.19. The Bertz CT molecular complexity index is 243. The van der Waals surface area contributed by atoms with Gasteiger partial charge < -0.3 is 10.3 Å². The van der Waals surface area contributed by atoms with Gasteiger partial charge in [-0.1, -0.05) is 0 Å². The van der Waals surface area contributed by atoms with Crippen LogP contribution >= 0.6 is 0 Å². The number of hydrogen-bond donors (Lipinski definition) is 1. The molecule has 1 rings (SSSR count). The maximum atomic E-state index is 10.7. The SMILES string of the molecule is C[NH+]([O-])c1ccc(N=O)cc1. The largest absolute Gasteiger partial charge is 0.629 e. The lowest BCUT2D eigenvalue weighted by atomic mass is 10.3. The van der Waals surface area contributed by atoms with E-state index in [2.05, 4.69) is 5.18 Å². The highest BCUT2D eigenvalue weighted by molar-refractivity contribution is 5.43. The van der Waals surface area contributed by atoms with Gasteiger partial charge in [-0.3, -0.25) is 0 Å². The minimum atomic E-state index is -0.0116. The Morgan fingerprint density at radius 3 is 2.27 bits per heavy atom. The van der Waals surface area contributed by atoms with E-state index in [1.165, 1.54) is 19.2 Å². The van der Waals surface area contributed by atoms with Gasteiger partial charge in [0, 0.05) is 12.1 Å². The number of hydrogen-bond acceptors (Lipinski definition) is 3. The number of hydroxylamine groups is 1. The van der Waals surface area contributed by atoms with Gasteiger partial charge in [-0.2, -0.15) is 0 Å². The van der Waals surface area contributed by atoms with Crippen molar-refractivity contribution in [3.8, 4) is 0 Å². The van der Waals surface area contributed by atoms with Crippen molar-refractivity contribution >= 4 is 11.4 Å². The molecule has 0 aromatic heterocycles. The standard InChI is InChI=1S/C7H8N2O2/c1-9(11)7-4-2-6(8-10)3-5-7/h2-5,9H,1H3. The summed E-state index contributed by atoms with van der Waals surface area (Å²) in [4.78, 5) is 9.95. The molecule has 1 aromatic carbocycles. The predicted molar refractivity (Wildman–Crippen MR) is 41.8 cm³/mol. The number of benzene rings is 1. The summed E-state index contributed by atoms with van der Waals surface area (Å²) in [5.41, 5.74) is 0.937. The molecule has 0 spiro atoms. The Balaban J connectivity index is 2.91. The molecule has 11 heavy (non-hydrogen) atoms. The fourth-order valence-corrected chi connectivity index (χ4v) is 0.757. The minimum Gasteiger partial charge on any atom is -0.629 e. The fourth-order valence-electron chi connectivity index (χ4n) is 0.757. The molecule has 0 aliphatic heterocycles. The number of rotatable bonds is 2. The molecule has 58 valence electrons. The highest BCUT2D eigenvalue weighted by Crippen LogP contribution is 2.12. The quantitative estimate of drug-likeness (QED) is 0.501. The first kappa shape index (κ1) is 7.84. The van der Waals surface area contributed by atoms with E-state index in [0.717, 1.165) is 0 Å². The number of nitrogens with zero attached hydrogens (tertiary/aromatic N) is 1. The van der Waals surface area contributed by atoms with Gasteiger partial charge in [0.15, 0.2) is 0 Å². The lowest BCUT2D eigenvalue weighted by molar-refractivity contribution is -0.751. The number of quaternary nitrogens is 1. The maximum absolute atomic E-state index is 10.7. The molecule has 1 unspecified atom stereocenters. The molecular formula is C7H8N2O2. The van der Waals surface area contributed by atoms with E-state index in [-0.39, 0.29) is 5.06 Å². The zero-order chi connectivity index (χ0) is 8.27. The molecule has 0 aliphatic rings. The molecular weight excluding hydrogens is 144 g/mol. The second-order valence-corrected chi connectivity index (χ2v) is 2.19. The molecule has 1 N–H and O–H groups in total. The van der Waals surface area contributed by atoms with Crippen LogP contribution in [0.1, 0.15) is 0 Å². The normalized spacial score (nSPS) is 12.5. The first-order valence-corrected chi connectivity index (χ1v) is 3.18. The molecule has 0 saturated heterocycles. The predicted octanol–water partition coefficient (Wildman–Crippen LogP) is 0.729. The average molecular weight is 152 g/mol. The summed E-state index contributed by atoms with van der Waals surface area (Å²) in [6.07, 6.45) is 0. The first-order chi connectivity index (χ1) is 5.24. The van der Waals surface area contributed by atoms with E-state index < -0.39 is 0 Å². The van der Waals surface area contributed by atoms with E-state index in [1.807, 2.05) is 0 Å². The molecule has 0 heterocycles. The van der Waals surface area contributed by atoms with Crippen LogP contribution in [-0.2, 0) is 0 Å². The lowest BCUT2D eigenvalue weighted by Gasteiger charge is -2.14. The summed E-state index contributed by atoms with van der Waals surface area (Å²) >= 11 is 0. The zero-order valence-electron chi connectivity index (χ0n) is 6.07. The van der Waals surface area contributed by atoms with Crippen molar-refractivity contribution in [3.63, 3.8) is 0 Å². The van der Waals surface area contributed by atoms with Crippen LogP contribution in [0.5, 0.6) is 0 Å². The molecule has 0 bridgehead atoms. The lowest BCUT2D eigenvalue weighted by Crippen LogP contribution is -2.98. The molecule has 0 radical (unpaired) electrons. The van der Waals surface area contributed by atoms with Gasteiger partial charge in [0.05, 0.1) is 7.05 Å². The van der Waals surface area contributed by atoms with E-state index in [4.69, 9.17) is 0 Å². The van der Waals surface area contributed by atoms with Crippen LogP contribution in [0, 0.1) is 10.1 Å². The summed E-state index contributed by atoms with van der Waals surface area (Å²) in [7, 11) is 1.48. The van der Waals surface area contributed by atoms with Crippen LogP contribution in [0.15, 0.2) is 29.4 Å². The number of nitroso groups, excluding NO2 is 1. The highest BCUT2D eigenvalue weighted by Gasteiger charge is 1.95. The average Bonchev–Trinajstić information content (AvgIpc) is 2.05. The minimum absolute atomic E-state index is 0.0116. The van der Waals surface area contributed by atoms with Crippen molar-refractivity contribution < 1.29 is 5.06 Å². The van der Waals surface area contributed by atoms with Gasteiger partial charge in [-0.25, -0.2) is 0 Å². The molecule has 0 saturated carbocycles. The third kappa shape index (κ3) is 1.83. The van der Waals surface area contributed by atoms with Crippen LogP contribution in [0.4, 0.5) is 11.4 Å². The fraction of sp³-hybridized carbons (Fsp3) is 0.143. The maximum Gasteiger partial charge on any atom is 0.131 e. The molecule has 0 amide bonds. The van der Waals surface area contributed by atoms with Gasteiger partial charge >= 0.3 is 0 Å². The topological polar surface area (TPSA) is 56.9 Å². The summed E-state index contributed by atoms with van der Waals surface area (Å²) in [5.74, 6) is 0. The van der Waals surface area contributed by atoms with Crippen molar-refractivity contribution in [2.45, 2.75) is 0 Å². The monoisotopic (exact) mass is 152 g/mol. The van der Waals surface area contributed by atoms with Gasteiger partial charge in [0.1, 0.15) is 11.4 Å². The molecule has 0 aliphatic carbocycles.